The predicted octanol–water partition coefficient (Wildman–Crippen LogP) is 1.30. The summed E-state index contributed by atoms with van der Waals surface area (Å²) in [6, 6.07) is 0. The number of nitrogens with one attached hydrogen (secondary N) is 1. The number of allylic oxidation sites excluding steroid dienone is 1. The monoisotopic (exact) mass is 281 g/mol. The van der Waals surface area contributed by atoms with Crippen molar-refractivity contribution in [3.05, 3.63) is 12.7 Å². The smallest absolute Gasteiger partial charge is 0.339 e. The van der Waals surface area contributed by atoms with Gasteiger partial charge in [0.25, 0.3) is 0 Å². The molecule has 5 heteroatoms. The number of esters is 1. The van der Waals surface area contributed by atoms with Crippen molar-refractivity contribution in [1.82, 2.24) is 5.32 Å². The largest absolute Gasteiger partial charge is 0.453 e. The molecule has 1 amide bonds. The molecule has 2 heterocycles. The third-order valence-corrected chi connectivity index (χ3v) is 4.76. The van der Waals surface area contributed by atoms with Gasteiger partial charge in [-0.15, -0.1) is 6.58 Å². The Morgan fingerprint density at radius 2 is 2.20 bits per heavy atom. The molecule has 20 heavy (non-hydrogen) atoms. The zero-order valence-electron chi connectivity index (χ0n) is 12.1. The molecule has 2 aliphatic rings. The molecule has 0 radical (unpaired) electrons. The first-order chi connectivity index (χ1) is 9.44. The van der Waals surface area contributed by atoms with Crippen LogP contribution in [0.15, 0.2) is 12.7 Å². The second kappa shape index (κ2) is 5.20. The molecule has 2 N–H and O–H groups in total. The number of hydrogen-bond acceptors (Lipinski definition) is 4. The van der Waals surface area contributed by atoms with Crippen molar-refractivity contribution in [2.45, 2.75) is 63.2 Å². The first-order valence-corrected chi connectivity index (χ1v) is 7.28. The van der Waals surface area contributed by atoms with Gasteiger partial charge in [0.15, 0.2) is 5.60 Å². The number of hydrogen-bond donors (Lipinski definition) is 2. The van der Waals surface area contributed by atoms with Gasteiger partial charge in [0.1, 0.15) is 0 Å². The Morgan fingerprint density at radius 1 is 1.50 bits per heavy atom. The van der Waals surface area contributed by atoms with Crippen LogP contribution in [0.2, 0.25) is 0 Å². The van der Waals surface area contributed by atoms with Crippen molar-refractivity contribution < 1.29 is 19.4 Å². The van der Waals surface area contributed by atoms with Crippen LogP contribution >= 0.6 is 0 Å². The highest BCUT2D eigenvalue weighted by Crippen LogP contribution is 2.52. The fourth-order valence-corrected chi connectivity index (χ4v) is 3.53. The summed E-state index contributed by atoms with van der Waals surface area (Å²) in [5.74, 6) is -1.10. The summed E-state index contributed by atoms with van der Waals surface area (Å²) >= 11 is 0. The Morgan fingerprint density at radius 3 is 2.75 bits per heavy atom. The molecule has 4 atom stereocenters. The molecule has 2 rings (SSSR count). The van der Waals surface area contributed by atoms with Crippen LogP contribution < -0.4 is 5.32 Å². The summed E-state index contributed by atoms with van der Waals surface area (Å²) in [5, 5.41) is 13.2. The molecule has 5 nitrogen and oxygen atoms in total. The van der Waals surface area contributed by atoms with Gasteiger partial charge >= 0.3 is 5.97 Å². The third-order valence-electron chi connectivity index (χ3n) is 4.76. The molecule has 2 fully saturated rings. The van der Waals surface area contributed by atoms with E-state index in [0.717, 1.165) is 19.3 Å². The number of ether oxygens (including phenoxy) is 1. The number of carbonyl (C=O) groups is 2. The summed E-state index contributed by atoms with van der Waals surface area (Å²) in [6.45, 7) is 7.28. The lowest BCUT2D eigenvalue weighted by Gasteiger charge is -2.53. The first-order valence-electron chi connectivity index (χ1n) is 7.28. The summed E-state index contributed by atoms with van der Waals surface area (Å²) in [7, 11) is 0. The Kier molecular flexibility index (Phi) is 3.91. The van der Waals surface area contributed by atoms with Crippen LogP contribution in [0.25, 0.3) is 0 Å². The number of aliphatic hydroxyl groups is 1. The van der Waals surface area contributed by atoms with E-state index in [-0.39, 0.29) is 11.8 Å². The standard InChI is InChI=1S/C15H23NO4/c1-4-6-7-8-9-11(17)15-13(19)20-14(15,3)10(5-2)12(18)16-15/h4,10-11,17H,1,5-9H2,2-3H3,(H,16,18)/t10-,11?,14-,15-/m0/s1. The van der Waals surface area contributed by atoms with E-state index in [1.165, 1.54) is 0 Å². The minimum absolute atomic E-state index is 0.203. The number of rotatable bonds is 7. The molecule has 1 unspecified atom stereocenters. The molecule has 2 aliphatic heterocycles. The van der Waals surface area contributed by atoms with Crippen LogP contribution in [-0.4, -0.2) is 34.2 Å². The van der Waals surface area contributed by atoms with Gasteiger partial charge in [-0.25, -0.2) is 4.79 Å². The van der Waals surface area contributed by atoms with Gasteiger partial charge in [0, 0.05) is 0 Å². The number of fused-ring (bicyclic) bond motifs is 1. The summed E-state index contributed by atoms with van der Waals surface area (Å²) in [5.41, 5.74) is -2.17. The lowest BCUT2D eigenvalue weighted by molar-refractivity contribution is -0.235. The minimum Gasteiger partial charge on any atom is -0.453 e. The average Bonchev–Trinajstić information content (AvgIpc) is 2.58. The molecule has 112 valence electrons. The number of amides is 1. The van der Waals surface area contributed by atoms with Gasteiger partial charge in [0.05, 0.1) is 12.0 Å². The topological polar surface area (TPSA) is 75.6 Å². The molecule has 0 bridgehead atoms. The van der Waals surface area contributed by atoms with Crippen LogP contribution in [0.3, 0.4) is 0 Å². The third kappa shape index (κ3) is 1.79. The number of aliphatic hydroxyl groups excluding tert-OH is 1. The minimum atomic E-state index is -1.25. The van der Waals surface area contributed by atoms with Crippen molar-refractivity contribution in [2.24, 2.45) is 5.92 Å². The number of carbonyl (C=O) groups excluding carboxylic acids is 2. The maximum Gasteiger partial charge on any atom is 0.339 e. The van der Waals surface area contributed by atoms with Crippen LogP contribution in [0, 0.1) is 5.92 Å². The molecule has 2 saturated heterocycles. The molecule has 0 aliphatic carbocycles. The second-order valence-corrected chi connectivity index (χ2v) is 5.84. The fourth-order valence-electron chi connectivity index (χ4n) is 3.53. The van der Waals surface area contributed by atoms with Crippen molar-refractivity contribution in [1.29, 1.82) is 0 Å². The Hall–Kier alpha value is -1.36. The highest BCUT2D eigenvalue weighted by Gasteiger charge is 2.78. The van der Waals surface area contributed by atoms with E-state index in [2.05, 4.69) is 11.9 Å². The first kappa shape index (κ1) is 15.0. The van der Waals surface area contributed by atoms with E-state index in [0.29, 0.717) is 12.8 Å². The summed E-state index contributed by atoms with van der Waals surface area (Å²) < 4.78 is 5.28. The van der Waals surface area contributed by atoms with Crippen LogP contribution in [0.4, 0.5) is 0 Å². The maximum atomic E-state index is 12.0. The molecule has 0 saturated carbocycles. The van der Waals surface area contributed by atoms with Crippen molar-refractivity contribution in [2.75, 3.05) is 0 Å². The van der Waals surface area contributed by atoms with Gasteiger partial charge in [-0.2, -0.15) is 0 Å². The lowest BCUT2D eigenvalue weighted by Crippen LogP contribution is -2.79. The molecule has 0 spiro atoms. The van der Waals surface area contributed by atoms with E-state index in [4.69, 9.17) is 4.74 Å². The summed E-state index contributed by atoms with van der Waals surface area (Å²) in [6.07, 6.45) is 4.55. The average molecular weight is 281 g/mol. The Labute approximate surface area is 119 Å². The van der Waals surface area contributed by atoms with E-state index in [1.54, 1.807) is 6.92 Å². The summed E-state index contributed by atoms with van der Waals surface area (Å²) in [4.78, 5) is 24.0. The van der Waals surface area contributed by atoms with Gasteiger partial charge in [-0.1, -0.05) is 19.4 Å². The molecule has 0 aromatic rings. The SMILES string of the molecule is C=CCCCCC(O)[C@@]12NC(=O)[C@H](CC)[C@]1(C)OC2=O. The molecular weight excluding hydrogens is 258 g/mol. The van der Waals surface area contributed by atoms with E-state index < -0.39 is 23.2 Å². The maximum absolute atomic E-state index is 12.0. The zero-order valence-corrected chi connectivity index (χ0v) is 12.1. The number of unbranched alkanes of at least 4 members (excludes halogenated alkanes) is 2. The molecule has 0 aromatic heterocycles. The Balaban J connectivity index is 2.13. The zero-order chi connectivity index (χ0) is 15.0. The highest BCUT2D eigenvalue weighted by atomic mass is 16.6. The van der Waals surface area contributed by atoms with E-state index >= 15 is 0 Å². The van der Waals surface area contributed by atoms with Gasteiger partial charge in [-0.3, -0.25) is 4.79 Å². The predicted molar refractivity (Wildman–Crippen MR) is 73.8 cm³/mol. The second-order valence-electron chi connectivity index (χ2n) is 5.84. The quantitative estimate of drug-likeness (QED) is 0.419. The van der Waals surface area contributed by atoms with E-state index in [9.17, 15) is 14.7 Å². The normalized spacial score (nSPS) is 36.6. The van der Waals surface area contributed by atoms with Crippen molar-refractivity contribution in [3.63, 3.8) is 0 Å². The lowest BCUT2D eigenvalue weighted by atomic mass is 9.67. The van der Waals surface area contributed by atoms with Crippen molar-refractivity contribution in [3.8, 4) is 0 Å². The van der Waals surface area contributed by atoms with Crippen LogP contribution in [0.1, 0.15) is 46.0 Å². The highest BCUT2D eigenvalue weighted by molar-refractivity contribution is 6.01. The molecule has 0 aromatic carbocycles. The van der Waals surface area contributed by atoms with Gasteiger partial charge < -0.3 is 15.2 Å². The van der Waals surface area contributed by atoms with Crippen LogP contribution in [-0.2, 0) is 14.3 Å². The van der Waals surface area contributed by atoms with E-state index in [1.807, 2.05) is 13.0 Å². The fraction of sp³-hybridized carbons (Fsp3) is 0.733. The van der Waals surface area contributed by atoms with Gasteiger partial charge in [-0.05, 0) is 32.6 Å². The van der Waals surface area contributed by atoms with Crippen molar-refractivity contribution >= 4 is 11.9 Å². The molecular formula is C15H23NO4. The van der Waals surface area contributed by atoms with Crippen LogP contribution in [0.5, 0.6) is 0 Å². The Bertz CT molecular complexity index is 436. The van der Waals surface area contributed by atoms with Gasteiger partial charge in [0.2, 0.25) is 11.4 Å².